The van der Waals surface area contributed by atoms with Crippen LogP contribution in [-0.4, -0.2) is 24.8 Å². The van der Waals surface area contributed by atoms with Gasteiger partial charge in [0, 0.05) is 11.3 Å². The lowest BCUT2D eigenvalue weighted by molar-refractivity contribution is -0.199. The first kappa shape index (κ1) is 15.9. The third kappa shape index (κ3) is 2.12. The molecule has 2 N–H and O–H groups in total. The van der Waals surface area contributed by atoms with Gasteiger partial charge < -0.3 is 19.5 Å². The molecule has 2 heterocycles. The number of para-hydroxylation sites is 1. The molecule has 4 unspecified atom stereocenters. The molecule has 1 saturated heterocycles. The molecule has 4 nitrogen and oxygen atoms in total. The summed E-state index contributed by atoms with van der Waals surface area (Å²) in [6, 6.07) is 8.08. The van der Waals surface area contributed by atoms with E-state index in [1.165, 1.54) is 6.42 Å². The third-order valence-electron chi connectivity index (χ3n) is 7.34. The lowest BCUT2D eigenvalue weighted by atomic mass is 9.43. The predicted octanol–water partition coefficient (Wildman–Crippen LogP) is 3.57. The molecule has 3 aliphatic carbocycles. The Labute approximate surface area is 149 Å². The highest BCUT2D eigenvalue weighted by Crippen LogP contribution is 2.65. The molecule has 0 spiro atoms. The molecule has 0 radical (unpaired) electrons. The van der Waals surface area contributed by atoms with Gasteiger partial charge in [0.1, 0.15) is 5.58 Å². The quantitative estimate of drug-likeness (QED) is 0.869. The second-order valence-corrected chi connectivity index (χ2v) is 8.96. The Morgan fingerprint density at radius 1 is 1.24 bits per heavy atom. The Balaban J connectivity index is 1.35. The van der Waals surface area contributed by atoms with Gasteiger partial charge >= 0.3 is 7.12 Å². The van der Waals surface area contributed by atoms with Gasteiger partial charge in [-0.2, -0.15) is 0 Å². The molecule has 1 aromatic carbocycles. The van der Waals surface area contributed by atoms with Gasteiger partial charge in [-0.05, 0) is 55.1 Å². The summed E-state index contributed by atoms with van der Waals surface area (Å²) in [7, 11) is -0.334. The average Bonchev–Trinajstić information content (AvgIpc) is 3.15. The molecule has 6 rings (SSSR count). The van der Waals surface area contributed by atoms with Crippen molar-refractivity contribution in [3.63, 3.8) is 0 Å². The van der Waals surface area contributed by atoms with Crippen LogP contribution in [-0.2, 0) is 15.7 Å². The lowest BCUT2D eigenvalue weighted by Gasteiger charge is -2.64. The van der Waals surface area contributed by atoms with Crippen LogP contribution in [0.3, 0.4) is 0 Å². The number of rotatable bonds is 3. The molecular weight excluding hydrogens is 313 g/mol. The van der Waals surface area contributed by atoms with Crippen molar-refractivity contribution in [1.29, 1.82) is 0 Å². The minimum Gasteiger partial charge on any atom is -0.464 e. The first-order valence-corrected chi connectivity index (χ1v) is 9.43. The summed E-state index contributed by atoms with van der Waals surface area (Å²) in [6.07, 6.45) is 5.05. The number of benzene rings is 1. The fourth-order valence-corrected chi connectivity index (χ4v) is 5.62. The van der Waals surface area contributed by atoms with Gasteiger partial charge in [0.15, 0.2) is 0 Å². The molecular formula is C20H26BNO3. The Morgan fingerprint density at radius 2 is 2.04 bits per heavy atom. The van der Waals surface area contributed by atoms with Crippen molar-refractivity contribution in [3.05, 3.63) is 36.1 Å². The van der Waals surface area contributed by atoms with Crippen molar-refractivity contribution in [2.24, 2.45) is 23.0 Å². The van der Waals surface area contributed by atoms with Crippen LogP contribution in [0.5, 0.6) is 0 Å². The second-order valence-electron chi connectivity index (χ2n) is 8.96. The van der Waals surface area contributed by atoms with E-state index in [1.807, 2.05) is 24.5 Å². The molecule has 1 aromatic heterocycles. The van der Waals surface area contributed by atoms with Crippen LogP contribution in [0, 0.1) is 17.3 Å². The van der Waals surface area contributed by atoms with E-state index < -0.39 is 0 Å². The molecule has 25 heavy (non-hydrogen) atoms. The predicted molar refractivity (Wildman–Crippen MR) is 98.0 cm³/mol. The maximum absolute atomic E-state index is 6.51. The van der Waals surface area contributed by atoms with Crippen molar-refractivity contribution in [3.8, 4) is 0 Å². The van der Waals surface area contributed by atoms with Gasteiger partial charge in [0.25, 0.3) is 0 Å². The van der Waals surface area contributed by atoms with E-state index >= 15 is 0 Å². The van der Waals surface area contributed by atoms with E-state index in [0.29, 0.717) is 17.8 Å². The maximum atomic E-state index is 6.51. The van der Waals surface area contributed by atoms with Crippen molar-refractivity contribution in [2.45, 2.75) is 57.7 Å². The van der Waals surface area contributed by atoms with Gasteiger partial charge in [-0.25, -0.2) is 0 Å². The minimum absolute atomic E-state index is 0.182. The topological polar surface area (TPSA) is 57.6 Å². The summed E-state index contributed by atoms with van der Waals surface area (Å²) < 4.78 is 18.4. The van der Waals surface area contributed by atoms with Crippen LogP contribution in [0.25, 0.3) is 11.0 Å². The maximum Gasteiger partial charge on any atom is 0.475 e. The van der Waals surface area contributed by atoms with E-state index in [4.69, 9.17) is 19.5 Å². The summed E-state index contributed by atoms with van der Waals surface area (Å²) >= 11 is 0. The standard InChI is InChI=1S/C20H26BNO3/c1-19(2)13-9-16(19)20(3)17(10-13)24-21(25-20)18(22)8-12-11-23-15-7-5-4-6-14(12)15/h4-7,11,13,16-18H,8-10,22H2,1-3H3/t13?,16?,17?,18?,20-/m0/s1. The van der Waals surface area contributed by atoms with Gasteiger partial charge in [-0.15, -0.1) is 0 Å². The Kier molecular flexibility index (Phi) is 3.26. The number of furan rings is 1. The molecule has 2 bridgehead atoms. The lowest BCUT2D eigenvalue weighted by Crippen LogP contribution is -2.65. The highest BCUT2D eigenvalue weighted by molar-refractivity contribution is 6.47. The molecule has 5 atom stereocenters. The van der Waals surface area contributed by atoms with E-state index in [2.05, 4.69) is 26.8 Å². The molecule has 132 valence electrons. The second kappa shape index (κ2) is 5.12. The number of fused-ring (bicyclic) bond motifs is 1. The van der Waals surface area contributed by atoms with E-state index in [0.717, 1.165) is 28.9 Å². The zero-order valence-corrected chi connectivity index (χ0v) is 15.2. The third-order valence-corrected chi connectivity index (χ3v) is 7.34. The normalized spacial score (nSPS) is 37.0. The van der Waals surface area contributed by atoms with Crippen molar-refractivity contribution >= 4 is 18.1 Å². The molecule has 5 heteroatoms. The van der Waals surface area contributed by atoms with Crippen LogP contribution >= 0.6 is 0 Å². The first-order valence-electron chi connectivity index (χ1n) is 9.43. The zero-order valence-electron chi connectivity index (χ0n) is 15.2. The van der Waals surface area contributed by atoms with Gasteiger partial charge in [-0.3, -0.25) is 0 Å². The number of hydrogen-bond acceptors (Lipinski definition) is 4. The van der Waals surface area contributed by atoms with Crippen LogP contribution in [0.2, 0.25) is 0 Å². The molecule has 4 fully saturated rings. The number of nitrogens with two attached hydrogens (primary N) is 1. The fraction of sp³-hybridized carbons (Fsp3) is 0.600. The van der Waals surface area contributed by atoms with Gasteiger partial charge in [0.2, 0.25) is 0 Å². The highest BCUT2D eigenvalue weighted by Gasteiger charge is 2.68. The average molecular weight is 339 g/mol. The summed E-state index contributed by atoms with van der Waals surface area (Å²) in [4.78, 5) is 0. The summed E-state index contributed by atoms with van der Waals surface area (Å²) in [5, 5.41) is 1.13. The molecule has 1 aliphatic heterocycles. The first-order chi connectivity index (χ1) is 11.9. The minimum atomic E-state index is -0.334. The van der Waals surface area contributed by atoms with Crippen molar-refractivity contribution in [2.75, 3.05) is 0 Å². The van der Waals surface area contributed by atoms with Crippen LogP contribution in [0.1, 0.15) is 39.2 Å². The van der Waals surface area contributed by atoms with E-state index in [-0.39, 0.29) is 24.8 Å². The highest BCUT2D eigenvalue weighted by atomic mass is 16.7. The number of hydrogen-bond donors (Lipinski definition) is 1. The SMILES string of the molecule is CC1(C)C2CC3OB(C(N)Cc4coc5ccccc45)O[C@@]3(C)C1C2. The van der Waals surface area contributed by atoms with Crippen molar-refractivity contribution < 1.29 is 13.7 Å². The van der Waals surface area contributed by atoms with E-state index in [1.54, 1.807) is 0 Å². The Morgan fingerprint density at radius 3 is 2.84 bits per heavy atom. The molecule has 0 amide bonds. The monoisotopic (exact) mass is 339 g/mol. The van der Waals surface area contributed by atoms with Gasteiger partial charge in [0.05, 0.1) is 18.0 Å². The summed E-state index contributed by atoms with van der Waals surface area (Å²) in [5.41, 5.74) is 8.70. The smallest absolute Gasteiger partial charge is 0.464 e. The van der Waals surface area contributed by atoms with E-state index in [9.17, 15) is 0 Å². The molecule has 4 aliphatic rings. The fourth-order valence-electron chi connectivity index (χ4n) is 5.62. The Bertz CT molecular complexity index is 818. The van der Waals surface area contributed by atoms with Crippen LogP contribution < -0.4 is 5.73 Å². The summed E-state index contributed by atoms with van der Waals surface area (Å²) in [5.74, 6) is 1.13. The Hall–Kier alpha value is -1.30. The molecule has 3 saturated carbocycles. The van der Waals surface area contributed by atoms with Crippen molar-refractivity contribution in [1.82, 2.24) is 0 Å². The van der Waals surface area contributed by atoms with Crippen LogP contribution in [0.4, 0.5) is 0 Å². The zero-order chi connectivity index (χ0) is 17.4. The van der Waals surface area contributed by atoms with Crippen LogP contribution in [0.15, 0.2) is 34.9 Å². The summed E-state index contributed by atoms with van der Waals surface area (Å²) in [6.45, 7) is 6.99. The largest absolute Gasteiger partial charge is 0.475 e. The van der Waals surface area contributed by atoms with Gasteiger partial charge in [-0.1, -0.05) is 32.0 Å². The molecule has 2 aromatic rings.